The van der Waals surface area contributed by atoms with Crippen molar-refractivity contribution in [2.45, 2.75) is 65.1 Å². The summed E-state index contributed by atoms with van der Waals surface area (Å²) in [5.74, 6) is 0.0880. The van der Waals surface area contributed by atoms with Crippen LogP contribution < -0.4 is 0 Å². The number of hydrogen-bond donors (Lipinski definition) is 1. The normalized spacial score (nSPS) is 14.6. The number of likely N-dealkylation sites (tertiary alicyclic amines) is 1. The van der Waals surface area contributed by atoms with Crippen LogP contribution in [0.1, 0.15) is 70.9 Å². The van der Waals surface area contributed by atoms with Crippen LogP contribution in [0.25, 0.3) is 0 Å². The van der Waals surface area contributed by atoms with E-state index in [9.17, 15) is 9.18 Å². The number of piperidine rings is 1. The minimum absolute atomic E-state index is 0.0564. The number of H-pyrrole nitrogens is 1. The van der Waals surface area contributed by atoms with E-state index < -0.39 is 0 Å². The largest absolute Gasteiger partial charge is 0.341 e. The van der Waals surface area contributed by atoms with Gasteiger partial charge in [0.05, 0.1) is 11.4 Å². The van der Waals surface area contributed by atoms with Crippen molar-refractivity contribution in [3.8, 4) is 0 Å². The number of aromatic nitrogens is 4. The van der Waals surface area contributed by atoms with Crippen LogP contribution in [0.5, 0.6) is 0 Å². The Balaban J connectivity index is 1.42. The van der Waals surface area contributed by atoms with Crippen LogP contribution in [0.4, 0.5) is 4.39 Å². The first-order valence-corrected chi connectivity index (χ1v) is 13.9. The number of pyridine rings is 2. The maximum atomic E-state index is 13.7. The molecule has 5 rings (SSSR count). The lowest BCUT2D eigenvalue weighted by molar-refractivity contribution is 0.0579. The molecule has 4 aromatic rings. The molecular weight excluding hydrogens is 503 g/mol. The summed E-state index contributed by atoms with van der Waals surface area (Å²) >= 11 is 0. The van der Waals surface area contributed by atoms with Crippen molar-refractivity contribution in [2.24, 2.45) is 0 Å². The lowest BCUT2D eigenvalue weighted by atomic mass is 9.77. The second-order valence-electron chi connectivity index (χ2n) is 11.3. The predicted molar refractivity (Wildman–Crippen MR) is 153 cm³/mol. The van der Waals surface area contributed by atoms with Crippen molar-refractivity contribution in [3.05, 3.63) is 113 Å². The fourth-order valence-electron chi connectivity index (χ4n) is 5.73. The molecule has 1 fully saturated rings. The van der Waals surface area contributed by atoms with Crippen LogP contribution in [0.3, 0.4) is 0 Å². The van der Waals surface area contributed by atoms with Gasteiger partial charge in [0.2, 0.25) is 0 Å². The van der Waals surface area contributed by atoms with Gasteiger partial charge in [-0.1, -0.05) is 38.1 Å². The maximum Gasteiger partial charge on any atom is 0.289 e. The Kier molecular flexibility index (Phi) is 8.07. The summed E-state index contributed by atoms with van der Waals surface area (Å²) in [6.07, 6.45) is 8.75. The summed E-state index contributed by atoms with van der Waals surface area (Å²) in [7, 11) is 0. The summed E-state index contributed by atoms with van der Waals surface area (Å²) in [6.45, 7) is 11.2. The zero-order valence-corrected chi connectivity index (χ0v) is 23.7. The third-order valence-corrected chi connectivity index (χ3v) is 8.13. The predicted octanol–water partition coefficient (Wildman–Crippen LogP) is 5.59. The average molecular weight is 541 g/mol. The van der Waals surface area contributed by atoms with Gasteiger partial charge in [0.1, 0.15) is 5.82 Å². The summed E-state index contributed by atoms with van der Waals surface area (Å²) in [4.78, 5) is 33.9. The van der Waals surface area contributed by atoms with Gasteiger partial charge in [-0.3, -0.25) is 19.7 Å². The molecule has 0 atom stereocenters. The summed E-state index contributed by atoms with van der Waals surface area (Å²) in [6, 6.07) is 13.3. The first-order valence-electron chi connectivity index (χ1n) is 13.9. The fourth-order valence-corrected chi connectivity index (χ4v) is 5.73. The topological polar surface area (TPSA) is 78.0 Å². The van der Waals surface area contributed by atoms with E-state index >= 15 is 0 Å². The monoisotopic (exact) mass is 540 g/mol. The van der Waals surface area contributed by atoms with Gasteiger partial charge in [-0.25, -0.2) is 9.37 Å². The Labute approximate surface area is 235 Å². The van der Waals surface area contributed by atoms with Gasteiger partial charge >= 0.3 is 0 Å². The molecule has 0 bridgehead atoms. The van der Waals surface area contributed by atoms with E-state index in [0.717, 1.165) is 40.9 Å². The number of aromatic amines is 1. The smallest absolute Gasteiger partial charge is 0.289 e. The van der Waals surface area contributed by atoms with Crippen molar-refractivity contribution >= 4 is 5.91 Å². The minimum Gasteiger partial charge on any atom is -0.341 e. The molecule has 3 aromatic heterocycles. The van der Waals surface area contributed by atoms with Gasteiger partial charge in [0.15, 0.2) is 5.82 Å². The van der Waals surface area contributed by atoms with Crippen LogP contribution >= 0.6 is 0 Å². The molecule has 0 radical (unpaired) electrons. The summed E-state index contributed by atoms with van der Waals surface area (Å²) in [5.41, 5.74) is 6.15. The Morgan fingerprint density at radius 3 is 2.42 bits per heavy atom. The van der Waals surface area contributed by atoms with Crippen molar-refractivity contribution < 1.29 is 9.18 Å². The lowest BCUT2D eigenvalue weighted by Crippen LogP contribution is -2.47. The number of amides is 1. The molecule has 1 aliphatic heterocycles. The van der Waals surface area contributed by atoms with Gasteiger partial charge < -0.3 is 9.88 Å². The number of nitrogens with zero attached hydrogens (tertiary/aromatic N) is 5. The lowest BCUT2D eigenvalue weighted by Gasteiger charge is -2.39. The first-order chi connectivity index (χ1) is 19.2. The molecular formula is C32H37FN6O. The number of nitrogens with one attached hydrogen (secondary N) is 1. The van der Waals surface area contributed by atoms with Gasteiger partial charge in [0, 0.05) is 62.4 Å². The van der Waals surface area contributed by atoms with Crippen molar-refractivity contribution in [3.63, 3.8) is 0 Å². The highest BCUT2D eigenvalue weighted by atomic mass is 19.1. The SMILES string of the molecule is Cc1cnc(CN(Cc2ncccc2C(C)(C)c2ccc(F)cc2)C2CCN(C(=O)c3ncc[nH]3)CC2)c(C)c1. The second-order valence-corrected chi connectivity index (χ2v) is 11.3. The Morgan fingerprint density at radius 2 is 1.75 bits per heavy atom. The van der Waals surface area contributed by atoms with Crippen LogP contribution in [-0.2, 0) is 18.5 Å². The molecule has 1 amide bonds. The molecule has 7 nitrogen and oxygen atoms in total. The summed E-state index contributed by atoms with van der Waals surface area (Å²) in [5, 5.41) is 0. The summed E-state index contributed by atoms with van der Waals surface area (Å²) < 4.78 is 13.7. The van der Waals surface area contributed by atoms with Crippen molar-refractivity contribution in [1.82, 2.24) is 29.7 Å². The average Bonchev–Trinajstić information content (AvgIpc) is 3.49. The van der Waals surface area contributed by atoms with Crippen molar-refractivity contribution in [2.75, 3.05) is 13.1 Å². The number of aryl methyl sites for hydroxylation is 2. The number of halogens is 1. The van der Waals surface area contributed by atoms with Gasteiger partial charge in [0.25, 0.3) is 5.91 Å². The molecule has 0 aliphatic carbocycles. The molecule has 0 saturated carbocycles. The molecule has 40 heavy (non-hydrogen) atoms. The highest BCUT2D eigenvalue weighted by Crippen LogP contribution is 2.34. The number of rotatable bonds is 8. The number of benzene rings is 1. The van der Waals surface area contributed by atoms with Gasteiger partial charge in [-0.15, -0.1) is 0 Å². The molecule has 0 spiro atoms. The highest BCUT2D eigenvalue weighted by Gasteiger charge is 2.32. The van der Waals surface area contributed by atoms with Gasteiger partial charge in [-0.05, 0) is 67.1 Å². The second kappa shape index (κ2) is 11.7. The van der Waals surface area contributed by atoms with E-state index in [1.54, 1.807) is 12.4 Å². The molecule has 1 aliphatic rings. The molecule has 0 unspecified atom stereocenters. The van der Waals surface area contributed by atoms with E-state index in [1.807, 2.05) is 35.5 Å². The Hall–Kier alpha value is -3.91. The molecule has 1 aromatic carbocycles. The third kappa shape index (κ3) is 5.97. The minimum atomic E-state index is -0.361. The molecule has 4 heterocycles. The molecule has 208 valence electrons. The van der Waals surface area contributed by atoms with E-state index in [0.29, 0.717) is 32.0 Å². The van der Waals surface area contributed by atoms with Crippen LogP contribution in [0.15, 0.2) is 67.3 Å². The molecule has 1 N–H and O–H groups in total. The maximum absolute atomic E-state index is 13.7. The van der Waals surface area contributed by atoms with Crippen LogP contribution in [0, 0.1) is 19.7 Å². The fraction of sp³-hybridized carbons (Fsp3) is 0.375. The van der Waals surface area contributed by atoms with Crippen LogP contribution in [-0.4, -0.2) is 54.8 Å². The van der Waals surface area contributed by atoms with E-state index in [1.165, 1.54) is 17.7 Å². The first kappa shape index (κ1) is 27.6. The van der Waals surface area contributed by atoms with Crippen LogP contribution in [0.2, 0.25) is 0 Å². The number of carbonyl (C=O) groups excluding carboxylic acids is 1. The standard InChI is InChI=1S/C32H37FN6O/c1-22-18-23(2)28(37-19-22)20-39(26-11-16-38(17-12-26)31(40)30-35-14-15-36-30)21-29-27(6-5-13-34-29)32(3,4)24-7-9-25(33)10-8-24/h5-10,13-15,18-19,26H,11-12,16-17,20-21H2,1-4H3,(H,35,36). The zero-order valence-electron chi connectivity index (χ0n) is 23.7. The molecule has 8 heteroatoms. The van der Waals surface area contributed by atoms with Gasteiger partial charge in [-0.2, -0.15) is 0 Å². The van der Waals surface area contributed by atoms with E-state index in [4.69, 9.17) is 9.97 Å². The van der Waals surface area contributed by atoms with E-state index in [-0.39, 0.29) is 23.2 Å². The Morgan fingerprint density at radius 1 is 1.02 bits per heavy atom. The number of imidazole rings is 1. The highest BCUT2D eigenvalue weighted by molar-refractivity contribution is 5.90. The number of carbonyl (C=O) groups is 1. The zero-order chi connectivity index (χ0) is 28.3. The Bertz CT molecular complexity index is 1440. The quantitative estimate of drug-likeness (QED) is 0.315. The molecule has 1 saturated heterocycles. The van der Waals surface area contributed by atoms with Crippen molar-refractivity contribution in [1.29, 1.82) is 0 Å². The van der Waals surface area contributed by atoms with E-state index in [2.05, 4.69) is 54.7 Å². The third-order valence-electron chi connectivity index (χ3n) is 8.13. The number of hydrogen-bond acceptors (Lipinski definition) is 5.